The molecule has 2 heterocycles. The molecule has 1 N–H and O–H groups in total. The van der Waals surface area contributed by atoms with E-state index in [1.165, 1.54) is 11.3 Å². The molecule has 66 valence electrons. The van der Waals surface area contributed by atoms with Crippen LogP contribution in [-0.2, 0) is 0 Å². The Morgan fingerprint density at radius 3 is 3.08 bits per heavy atom. The van der Waals surface area contributed by atoms with Crippen LogP contribution in [0.2, 0.25) is 0 Å². The molecule has 2 aromatic rings. The van der Waals surface area contributed by atoms with Gasteiger partial charge in [-0.1, -0.05) is 0 Å². The van der Waals surface area contributed by atoms with E-state index in [0.717, 1.165) is 10.2 Å². The van der Waals surface area contributed by atoms with Gasteiger partial charge < -0.3 is 5.11 Å². The number of fused-ring (bicyclic) bond motifs is 1. The van der Waals surface area contributed by atoms with Gasteiger partial charge >= 0.3 is 5.97 Å². The first kappa shape index (κ1) is 8.65. The van der Waals surface area contributed by atoms with Crippen LogP contribution in [0.25, 0.3) is 10.2 Å². The predicted octanol–water partition coefficient (Wildman–Crippen LogP) is 2.76. The number of nitrogens with zero attached hydrogens (tertiary/aromatic N) is 1. The number of carboxylic acids is 1. The second-order valence-corrected chi connectivity index (χ2v) is 4.13. The van der Waals surface area contributed by atoms with Crippen LogP contribution in [0, 0.1) is 0 Å². The molecule has 2 rings (SSSR count). The maximum absolute atomic E-state index is 10.7. The smallest absolute Gasteiger partial charge is 0.338 e. The molecule has 0 bridgehead atoms. The Labute approximate surface area is 86.2 Å². The van der Waals surface area contributed by atoms with Crippen molar-refractivity contribution in [1.82, 2.24) is 4.98 Å². The first-order chi connectivity index (χ1) is 6.18. The summed E-state index contributed by atoms with van der Waals surface area (Å²) in [6.45, 7) is 0. The van der Waals surface area contributed by atoms with Crippen molar-refractivity contribution in [1.29, 1.82) is 0 Å². The van der Waals surface area contributed by atoms with Crippen molar-refractivity contribution in [3.8, 4) is 0 Å². The van der Waals surface area contributed by atoms with Crippen LogP contribution >= 0.6 is 27.3 Å². The summed E-state index contributed by atoms with van der Waals surface area (Å²) in [7, 11) is 0. The lowest BCUT2D eigenvalue weighted by molar-refractivity contribution is 0.0695. The molecular formula is C8H4BrNO2S. The minimum Gasteiger partial charge on any atom is -0.478 e. The van der Waals surface area contributed by atoms with Crippen LogP contribution in [0.5, 0.6) is 0 Å². The molecule has 0 unspecified atom stereocenters. The minimum absolute atomic E-state index is 0.204. The second-order valence-electron chi connectivity index (χ2n) is 2.44. The standard InChI is InChI=1S/C8H4BrNO2S/c9-7-4(8(11)12)3-6-5(10-7)1-2-13-6/h1-3H,(H,11,12). The van der Waals surface area contributed by atoms with Crippen LogP contribution in [0.4, 0.5) is 0 Å². The van der Waals surface area contributed by atoms with Gasteiger partial charge in [-0.3, -0.25) is 0 Å². The predicted molar refractivity (Wildman–Crippen MR) is 54.3 cm³/mol. The van der Waals surface area contributed by atoms with Gasteiger partial charge in [-0.2, -0.15) is 0 Å². The summed E-state index contributed by atoms with van der Waals surface area (Å²) in [5, 5.41) is 10.7. The lowest BCUT2D eigenvalue weighted by atomic mass is 10.3. The van der Waals surface area contributed by atoms with E-state index in [1.807, 2.05) is 11.4 Å². The average Bonchev–Trinajstić information content (AvgIpc) is 2.48. The average molecular weight is 258 g/mol. The number of thiophene rings is 1. The van der Waals surface area contributed by atoms with Gasteiger partial charge in [0.05, 0.1) is 15.8 Å². The van der Waals surface area contributed by atoms with Gasteiger partial charge in [0, 0.05) is 0 Å². The zero-order valence-electron chi connectivity index (χ0n) is 6.32. The summed E-state index contributed by atoms with van der Waals surface area (Å²) >= 11 is 4.60. The zero-order valence-corrected chi connectivity index (χ0v) is 8.72. The summed E-state index contributed by atoms with van der Waals surface area (Å²) in [6.07, 6.45) is 0. The maximum atomic E-state index is 10.7. The molecule has 0 amide bonds. The lowest BCUT2D eigenvalue weighted by Gasteiger charge is -1.97. The monoisotopic (exact) mass is 257 g/mol. The molecule has 5 heteroatoms. The summed E-state index contributed by atoms with van der Waals surface area (Å²) in [6, 6.07) is 3.48. The third-order valence-corrected chi connectivity index (χ3v) is 3.08. The molecule has 0 saturated carbocycles. The Hall–Kier alpha value is -0.940. The van der Waals surface area contributed by atoms with Crippen LogP contribution in [0.3, 0.4) is 0 Å². The molecule has 0 atom stereocenters. The minimum atomic E-state index is -0.963. The normalized spacial score (nSPS) is 10.5. The Balaban J connectivity index is 2.76. The molecular weight excluding hydrogens is 254 g/mol. The van der Waals surface area contributed by atoms with Crippen molar-refractivity contribution in [2.75, 3.05) is 0 Å². The molecule has 0 spiro atoms. The quantitative estimate of drug-likeness (QED) is 0.800. The summed E-state index contributed by atoms with van der Waals surface area (Å²) in [4.78, 5) is 14.8. The highest BCUT2D eigenvalue weighted by atomic mass is 79.9. The van der Waals surface area contributed by atoms with Crippen molar-refractivity contribution < 1.29 is 9.90 Å². The zero-order chi connectivity index (χ0) is 9.42. The first-order valence-electron chi connectivity index (χ1n) is 3.45. The fourth-order valence-electron chi connectivity index (χ4n) is 1.02. The second kappa shape index (κ2) is 3.08. The summed E-state index contributed by atoms with van der Waals surface area (Å²) < 4.78 is 1.27. The fraction of sp³-hybridized carbons (Fsp3) is 0. The highest BCUT2D eigenvalue weighted by Gasteiger charge is 2.11. The van der Waals surface area contributed by atoms with Crippen LogP contribution in [-0.4, -0.2) is 16.1 Å². The molecule has 0 aliphatic heterocycles. The largest absolute Gasteiger partial charge is 0.478 e. The van der Waals surface area contributed by atoms with Crippen molar-refractivity contribution >= 4 is 43.5 Å². The molecule has 0 aliphatic carbocycles. The number of rotatable bonds is 1. The van der Waals surface area contributed by atoms with Crippen LogP contribution in [0.15, 0.2) is 22.1 Å². The van der Waals surface area contributed by atoms with Crippen molar-refractivity contribution in [2.24, 2.45) is 0 Å². The van der Waals surface area contributed by atoms with E-state index in [-0.39, 0.29) is 5.56 Å². The highest BCUT2D eigenvalue weighted by molar-refractivity contribution is 9.10. The number of aromatic nitrogens is 1. The summed E-state index contributed by atoms with van der Waals surface area (Å²) in [5.74, 6) is -0.963. The van der Waals surface area contributed by atoms with Crippen molar-refractivity contribution in [3.05, 3.63) is 27.7 Å². The third-order valence-electron chi connectivity index (χ3n) is 1.62. The van der Waals surface area contributed by atoms with Gasteiger partial charge in [0.2, 0.25) is 0 Å². The van der Waals surface area contributed by atoms with Gasteiger partial charge in [-0.05, 0) is 33.4 Å². The van der Waals surface area contributed by atoms with E-state index in [9.17, 15) is 4.79 Å². The van der Waals surface area contributed by atoms with Crippen LogP contribution < -0.4 is 0 Å². The molecule has 0 aromatic carbocycles. The van der Waals surface area contributed by atoms with Crippen LogP contribution in [0.1, 0.15) is 10.4 Å². The van der Waals surface area contributed by atoms with Crippen molar-refractivity contribution in [2.45, 2.75) is 0 Å². The summed E-state index contributed by atoms with van der Waals surface area (Å²) in [5.41, 5.74) is 1.02. The SMILES string of the molecule is O=C(O)c1cc2sccc2nc1Br. The van der Waals surface area contributed by atoms with Gasteiger partial charge in [0.15, 0.2) is 0 Å². The molecule has 0 aliphatic rings. The maximum Gasteiger partial charge on any atom is 0.338 e. The molecule has 0 fully saturated rings. The lowest BCUT2D eigenvalue weighted by Crippen LogP contribution is -1.98. The molecule has 13 heavy (non-hydrogen) atoms. The number of hydrogen-bond acceptors (Lipinski definition) is 3. The Morgan fingerprint density at radius 2 is 2.38 bits per heavy atom. The molecule has 0 radical (unpaired) electrons. The van der Waals surface area contributed by atoms with Gasteiger partial charge in [-0.25, -0.2) is 9.78 Å². The Kier molecular flexibility index (Phi) is 2.05. The van der Waals surface area contributed by atoms with E-state index in [4.69, 9.17) is 5.11 Å². The molecule has 0 saturated heterocycles. The Morgan fingerprint density at radius 1 is 1.62 bits per heavy atom. The van der Waals surface area contributed by atoms with E-state index < -0.39 is 5.97 Å². The van der Waals surface area contributed by atoms with E-state index in [0.29, 0.717) is 4.60 Å². The number of halogens is 1. The fourth-order valence-corrected chi connectivity index (χ4v) is 2.26. The Bertz CT molecular complexity index is 480. The molecule has 3 nitrogen and oxygen atoms in total. The number of aromatic carboxylic acids is 1. The highest BCUT2D eigenvalue weighted by Crippen LogP contribution is 2.24. The van der Waals surface area contributed by atoms with E-state index in [1.54, 1.807) is 6.07 Å². The number of pyridine rings is 1. The van der Waals surface area contributed by atoms with E-state index >= 15 is 0 Å². The van der Waals surface area contributed by atoms with Gasteiger partial charge in [-0.15, -0.1) is 11.3 Å². The number of carboxylic acid groups (broad SMARTS) is 1. The number of carbonyl (C=O) groups is 1. The third kappa shape index (κ3) is 1.45. The first-order valence-corrected chi connectivity index (χ1v) is 5.13. The number of hydrogen-bond donors (Lipinski definition) is 1. The van der Waals surface area contributed by atoms with E-state index in [2.05, 4.69) is 20.9 Å². The molecule has 2 aromatic heterocycles. The topological polar surface area (TPSA) is 50.2 Å². The van der Waals surface area contributed by atoms with Crippen molar-refractivity contribution in [3.63, 3.8) is 0 Å². The van der Waals surface area contributed by atoms with Gasteiger partial charge in [0.1, 0.15) is 4.60 Å². The van der Waals surface area contributed by atoms with Gasteiger partial charge in [0.25, 0.3) is 0 Å².